The monoisotopic (exact) mass is 1450 g/mol. The number of fused-ring (bicyclic) bond motifs is 3. The van der Waals surface area contributed by atoms with Gasteiger partial charge >= 0.3 is 0 Å². The van der Waals surface area contributed by atoms with Gasteiger partial charge < -0.3 is 85.0 Å². The number of aromatic nitrogens is 2. The van der Waals surface area contributed by atoms with Gasteiger partial charge in [0.15, 0.2) is 5.96 Å². The number of nitrogens with zero attached hydrogens (tertiary/aromatic N) is 2. The molecule has 0 bridgehead atoms. The highest BCUT2D eigenvalue weighted by Crippen LogP contribution is 2.45. The van der Waals surface area contributed by atoms with Crippen LogP contribution in [0.1, 0.15) is 130 Å². The second kappa shape index (κ2) is 38.8. The van der Waals surface area contributed by atoms with E-state index in [1.54, 1.807) is 60.8 Å². The largest absolute Gasteiger partial charge is 0.391 e. The van der Waals surface area contributed by atoms with Crippen molar-refractivity contribution in [1.82, 2.24) is 62.7 Å². The number of benzene rings is 5. The van der Waals surface area contributed by atoms with Gasteiger partial charge in [0.2, 0.25) is 47.3 Å². The maximum atomic E-state index is 15.4. The van der Waals surface area contributed by atoms with Gasteiger partial charge in [-0.25, -0.2) is 4.39 Å². The average molecular weight is 1450 g/mol. The Balaban J connectivity index is 0.946. The number of aliphatic hydroxyl groups excluding tert-OH is 1. The number of aromatic amines is 2. The molecule has 2 fully saturated rings. The Labute approximate surface area is 618 Å². The second-order valence-corrected chi connectivity index (χ2v) is 28.7. The molecule has 0 spiro atoms. The summed E-state index contributed by atoms with van der Waals surface area (Å²) in [5, 5.41) is 39.8. The zero-order valence-corrected chi connectivity index (χ0v) is 60.7. The summed E-state index contributed by atoms with van der Waals surface area (Å²) in [4.78, 5) is 133. The lowest BCUT2D eigenvalue weighted by Gasteiger charge is -2.45. The fourth-order valence-electron chi connectivity index (χ4n) is 15.1. The first-order valence-corrected chi connectivity index (χ1v) is 37.5. The van der Waals surface area contributed by atoms with Crippen molar-refractivity contribution in [3.63, 3.8) is 0 Å². The molecule has 25 nitrogen and oxygen atoms in total. The van der Waals surface area contributed by atoms with Crippen LogP contribution in [-0.4, -0.2) is 173 Å². The van der Waals surface area contributed by atoms with Gasteiger partial charge in [-0.2, -0.15) is 0 Å². The molecule has 1 aliphatic carbocycles. The second-order valence-electron chi connectivity index (χ2n) is 28.7. The molecule has 10 rings (SSSR count). The van der Waals surface area contributed by atoms with Crippen molar-refractivity contribution >= 4 is 75.0 Å². The van der Waals surface area contributed by atoms with Crippen molar-refractivity contribution in [2.45, 2.75) is 189 Å². The number of aliphatic hydroxyl groups is 1. The van der Waals surface area contributed by atoms with Crippen molar-refractivity contribution in [2.75, 3.05) is 39.8 Å². The van der Waals surface area contributed by atoms with Crippen LogP contribution in [0.2, 0.25) is 0 Å². The normalized spacial score (nSPS) is 24.0. The highest BCUT2D eigenvalue weighted by molar-refractivity contribution is 5.99. The highest BCUT2D eigenvalue weighted by Gasteiger charge is 2.41. The van der Waals surface area contributed by atoms with E-state index >= 15 is 24.0 Å². The van der Waals surface area contributed by atoms with Gasteiger partial charge in [0.1, 0.15) is 48.1 Å². The summed E-state index contributed by atoms with van der Waals surface area (Å²) in [5.41, 5.74) is 24.6. The number of halogens is 1. The van der Waals surface area contributed by atoms with E-state index in [-0.39, 0.29) is 77.0 Å². The number of unbranched alkanes of at least 4 members (excludes halogenated alkanes) is 3. The van der Waals surface area contributed by atoms with Crippen molar-refractivity contribution in [1.29, 1.82) is 0 Å². The minimum Gasteiger partial charge on any atom is -0.391 e. The summed E-state index contributed by atoms with van der Waals surface area (Å²) < 4.78 is 14.3. The van der Waals surface area contributed by atoms with Crippen LogP contribution < -0.4 is 65.1 Å². The quantitative estimate of drug-likeness (QED) is 0.0225. The van der Waals surface area contributed by atoms with E-state index in [1.165, 1.54) is 53.2 Å². The van der Waals surface area contributed by atoms with E-state index in [9.17, 15) is 23.9 Å². The highest BCUT2D eigenvalue weighted by atomic mass is 19.1. The minimum absolute atomic E-state index is 0.000657. The van der Waals surface area contributed by atoms with E-state index in [0.29, 0.717) is 72.4 Å². The number of likely N-dealkylation sites (tertiary alicyclic amines) is 1. The molecule has 0 unspecified atom stereocenters. The predicted octanol–water partition coefficient (Wildman–Crippen LogP) is 4.49. The standard InChI is InChI=1S/C80H105FN16O9/c1-49(98)71-79(106)95-65(43-52-32-34-56(81)35-33-52)72(99)86-38-17-14-28-62(85-37-16-5-10-24-53-40-59-58-26-18-30-61-70(58)55(47-89-61)45-69(59)97(2)48-53)73(100)90-64(31-19-39-87-80(83)84)74(101)92-66(41-50-20-6-3-7-21-50)76(103)93-67(42-51-22-8-4-9-23-51)77(104)94-68(44-54-46-88-60-27-12-11-25-57(54)60)78(105)91-63(75(102)96-71)29-13-15-36-82/h3-4,6-9,11-12,18,20-23,25-27,30,32-35,46-47,49,53,59,62-69,71,85,88-89,98H,5,10,13-17,19,24,28-29,31,36-45,48,82H2,1-2H3,(H,86,99)(H,90,100)(H,91,105)(H,92,101)(H,93,103)(H,94,104)(H,95,106)(H,96,102)(H4,83,84,87)/t49-,53-,59-,62-,63+,64+,65+,66+,67+,68-,69-,71+/m1/s1. The lowest BCUT2D eigenvalue weighted by atomic mass is 9.71. The SMILES string of the molecule is C[C@@H](O)[C@@H]1NC(=O)[C@H](CCCCN)NC(=O)[C@@H](Cc2c[nH]c3ccccc23)NC(=O)[C@H](Cc2ccccc2)NC(=O)[C@H](Cc2ccccc2)NC(=O)[C@H](CCCN=C(N)N)NC(=O)[C@H](NCCCCC[C@@H]2C[C@@H]3c4cccc5[nH]cc(c45)C[C@H]3N(C)C2)CCCCNC(=O)[C@H](Cc2ccc(F)cc2)NC1=O. The maximum Gasteiger partial charge on any atom is 0.245 e. The van der Waals surface area contributed by atoms with Crippen LogP contribution >= 0.6 is 0 Å². The maximum absolute atomic E-state index is 15.4. The van der Waals surface area contributed by atoms with E-state index in [0.717, 1.165) is 56.0 Å². The van der Waals surface area contributed by atoms with Gasteiger partial charge in [-0.05, 0) is 168 Å². The van der Waals surface area contributed by atoms with Crippen LogP contribution in [0, 0.1) is 11.7 Å². The number of hydrogen-bond donors (Lipinski definition) is 15. The number of carbonyl (C=O) groups excluding carboxylic acids is 8. The number of H-pyrrole nitrogens is 2. The molecular formula is C80H105FN16O9. The summed E-state index contributed by atoms with van der Waals surface area (Å²) in [6.07, 6.45) is 9.74. The van der Waals surface area contributed by atoms with Gasteiger partial charge in [0, 0.05) is 91.5 Å². The number of hydrogen-bond acceptors (Lipinski definition) is 13. The minimum atomic E-state index is -1.68. The molecule has 566 valence electrons. The Morgan fingerprint density at radius 3 is 1.79 bits per heavy atom. The third-order valence-electron chi connectivity index (χ3n) is 20.8. The summed E-state index contributed by atoms with van der Waals surface area (Å²) in [6, 6.07) is 27.0. The summed E-state index contributed by atoms with van der Waals surface area (Å²) in [5.74, 6) is -5.74. The van der Waals surface area contributed by atoms with E-state index < -0.39 is 108 Å². The van der Waals surface area contributed by atoms with Crippen LogP contribution in [0.4, 0.5) is 4.39 Å². The lowest BCUT2D eigenvalue weighted by Crippen LogP contribution is -2.62. The first-order chi connectivity index (χ1) is 51.3. The van der Waals surface area contributed by atoms with Gasteiger partial charge in [0.25, 0.3) is 0 Å². The lowest BCUT2D eigenvalue weighted by molar-refractivity contribution is -0.136. The van der Waals surface area contributed by atoms with Crippen LogP contribution in [0.15, 0.2) is 145 Å². The van der Waals surface area contributed by atoms with Crippen LogP contribution in [-0.2, 0) is 70.5 Å². The zero-order chi connectivity index (χ0) is 75.1. The topological polar surface area (TPSA) is 390 Å². The van der Waals surface area contributed by atoms with Crippen LogP contribution in [0.5, 0.6) is 0 Å². The molecular weight excluding hydrogens is 1350 g/mol. The number of amides is 8. The fraction of sp³-hybridized carbons (Fsp3) is 0.463. The Hall–Kier alpha value is -10.0. The molecule has 2 aliphatic heterocycles. The van der Waals surface area contributed by atoms with Crippen molar-refractivity contribution in [3.05, 3.63) is 179 Å². The number of rotatable bonds is 24. The number of aliphatic imine (C=N–C) groups is 1. The van der Waals surface area contributed by atoms with E-state index in [4.69, 9.17) is 17.2 Å². The molecule has 0 radical (unpaired) electrons. The summed E-state index contributed by atoms with van der Waals surface area (Å²) in [7, 11) is 2.25. The molecule has 8 amide bonds. The first kappa shape index (κ1) is 78.6. The number of para-hydroxylation sites is 1. The van der Waals surface area contributed by atoms with Crippen LogP contribution in [0.25, 0.3) is 21.8 Å². The number of carbonyl (C=O) groups is 8. The molecule has 3 aliphatic rings. The van der Waals surface area contributed by atoms with Gasteiger partial charge in [-0.1, -0.05) is 116 Å². The zero-order valence-electron chi connectivity index (χ0n) is 60.7. The van der Waals surface area contributed by atoms with E-state index in [1.807, 2.05) is 30.3 Å². The molecule has 7 aromatic rings. The first-order valence-electron chi connectivity index (χ1n) is 37.5. The Morgan fingerprint density at radius 2 is 1.13 bits per heavy atom. The molecule has 4 heterocycles. The Bertz CT molecular complexity index is 4110. The number of nitrogens with two attached hydrogens (primary N) is 3. The van der Waals surface area contributed by atoms with Gasteiger partial charge in [0.05, 0.1) is 12.1 Å². The number of piperidine rings is 1. The molecule has 5 aromatic carbocycles. The van der Waals surface area contributed by atoms with E-state index in [2.05, 4.69) is 99.2 Å². The fourth-order valence-corrected chi connectivity index (χ4v) is 15.1. The summed E-state index contributed by atoms with van der Waals surface area (Å²) in [6.45, 7) is 3.20. The Morgan fingerprint density at radius 1 is 0.575 bits per heavy atom. The molecule has 18 N–H and O–H groups in total. The molecule has 2 saturated heterocycles. The smallest absolute Gasteiger partial charge is 0.245 e. The molecule has 0 saturated carbocycles. The van der Waals surface area contributed by atoms with Crippen LogP contribution in [0.3, 0.4) is 0 Å². The molecule has 26 heteroatoms. The van der Waals surface area contributed by atoms with Crippen molar-refractivity contribution in [3.8, 4) is 0 Å². The Kier molecular flexibility index (Phi) is 28.8. The van der Waals surface area contributed by atoms with Crippen molar-refractivity contribution < 1.29 is 47.9 Å². The molecule has 12 atom stereocenters. The molecule has 2 aromatic heterocycles. The number of guanidine groups is 1. The summed E-state index contributed by atoms with van der Waals surface area (Å²) >= 11 is 0. The predicted molar refractivity (Wildman–Crippen MR) is 407 cm³/mol. The molecule has 106 heavy (non-hydrogen) atoms. The van der Waals surface area contributed by atoms with Gasteiger partial charge in [-0.3, -0.25) is 43.3 Å². The van der Waals surface area contributed by atoms with Gasteiger partial charge in [-0.15, -0.1) is 0 Å². The third-order valence-corrected chi connectivity index (χ3v) is 20.8. The average Bonchev–Trinajstić information content (AvgIpc) is 1.50. The number of nitrogens with one attached hydrogen (secondary N) is 11. The third kappa shape index (κ3) is 22.0. The number of likely N-dealkylation sites (N-methyl/N-ethyl adjacent to an activating group) is 1. The van der Waals surface area contributed by atoms with Crippen molar-refractivity contribution in [2.24, 2.45) is 28.1 Å².